The smallest absolute Gasteiger partial charge is 0.313 e. The van der Waals surface area contributed by atoms with E-state index in [1.165, 1.54) is 12.4 Å². The van der Waals surface area contributed by atoms with Crippen molar-refractivity contribution < 1.29 is 14.3 Å². The highest BCUT2D eigenvalue weighted by Crippen LogP contribution is 2.28. The molecule has 2 aromatic carbocycles. The molecule has 0 bridgehead atoms. The van der Waals surface area contributed by atoms with E-state index in [9.17, 15) is 4.79 Å². The third-order valence-corrected chi connectivity index (χ3v) is 4.13. The Morgan fingerprint density at radius 1 is 1.11 bits per heavy atom. The zero-order chi connectivity index (χ0) is 19.6. The molecule has 0 aliphatic carbocycles. The summed E-state index contributed by atoms with van der Waals surface area (Å²) < 4.78 is 10.7. The average Bonchev–Trinajstić information content (AvgIpc) is 2.68. The molecule has 0 aromatic heterocycles. The number of nitrogens with two attached hydrogens (primary N) is 2. The van der Waals surface area contributed by atoms with E-state index >= 15 is 0 Å². The van der Waals surface area contributed by atoms with Gasteiger partial charge in [0, 0.05) is 11.1 Å². The van der Waals surface area contributed by atoms with E-state index < -0.39 is 5.92 Å². The molecular weight excluding hydrogens is 344 g/mol. The van der Waals surface area contributed by atoms with Gasteiger partial charge in [0.05, 0.1) is 32.1 Å². The van der Waals surface area contributed by atoms with Gasteiger partial charge in [0.15, 0.2) is 0 Å². The van der Waals surface area contributed by atoms with Crippen LogP contribution in [0, 0.1) is 0 Å². The molecule has 0 amide bonds. The maximum atomic E-state index is 12.7. The Labute approximate surface area is 158 Å². The molecule has 2 rings (SSSR count). The van der Waals surface area contributed by atoms with Gasteiger partial charge in [-0.05, 0) is 36.6 Å². The van der Waals surface area contributed by atoms with Gasteiger partial charge in [0.2, 0.25) is 0 Å². The summed E-state index contributed by atoms with van der Waals surface area (Å²) in [6.07, 6.45) is 3.43. The zero-order valence-electron chi connectivity index (χ0n) is 15.5. The summed E-state index contributed by atoms with van der Waals surface area (Å²) in [5, 5.41) is 7.12. The van der Waals surface area contributed by atoms with Crippen LogP contribution in [0.3, 0.4) is 0 Å². The maximum Gasteiger partial charge on any atom is 0.313 e. The third kappa shape index (κ3) is 5.07. The summed E-state index contributed by atoms with van der Waals surface area (Å²) >= 11 is 0. The van der Waals surface area contributed by atoms with Crippen LogP contribution in [-0.4, -0.2) is 32.1 Å². The number of esters is 1. The number of carbonyl (C=O) groups is 1. The van der Waals surface area contributed by atoms with Crippen molar-refractivity contribution in [2.45, 2.75) is 19.3 Å². The summed E-state index contributed by atoms with van der Waals surface area (Å²) in [5.74, 6) is 10.5. The van der Waals surface area contributed by atoms with Gasteiger partial charge in [-0.1, -0.05) is 30.3 Å². The number of nitrogens with zero attached hydrogens (tertiary/aromatic N) is 2. The van der Waals surface area contributed by atoms with Crippen molar-refractivity contribution in [3.8, 4) is 5.75 Å². The van der Waals surface area contributed by atoms with Crippen molar-refractivity contribution in [1.82, 2.24) is 0 Å². The van der Waals surface area contributed by atoms with Gasteiger partial charge in [-0.25, -0.2) is 0 Å². The fourth-order valence-electron chi connectivity index (χ4n) is 2.87. The Bertz CT molecular complexity index is 834. The van der Waals surface area contributed by atoms with E-state index in [-0.39, 0.29) is 5.97 Å². The van der Waals surface area contributed by atoms with E-state index in [4.69, 9.17) is 21.2 Å². The van der Waals surface area contributed by atoms with Gasteiger partial charge in [-0.15, -0.1) is 0 Å². The number of methoxy groups -OCH3 is 1. The van der Waals surface area contributed by atoms with Gasteiger partial charge in [0.25, 0.3) is 0 Å². The predicted molar refractivity (Wildman–Crippen MR) is 106 cm³/mol. The first-order chi connectivity index (χ1) is 13.1. The second-order valence-corrected chi connectivity index (χ2v) is 5.77. The molecule has 0 heterocycles. The molecule has 27 heavy (non-hydrogen) atoms. The molecule has 0 spiro atoms. The lowest BCUT2D eigenvalue weighted by Crippen LogP contribution is -2.19. The first kappa shape index (κ1) is 20.0. The molecule has 0 saturated carbocycles. The summed E-state index contributed by atoms with van der Waals surface area (Å²) in [7, 11) is 1.61. The highest BCUT2D eigenvalue weighted by molar-refractivity contribution is 5.94. The van der Waals surface area contributed by atoms with Crippen LogP contribution in [-0.2, 0) is 16.0 Å². The number of hydrogen-bond donors (Lipinski definition) is 2. The summed E-state index contributed by atoms with van der Waals surface area (Å²) in [5.41, 5.74) is 3.15. The quantitative estimate of drug-likeness (QED) is 0.321. The SMILES string of the molecule is CCOC(=O)C(Cc1ccccc1OC)c1ccc(C=NN)c(C=NN)c1. The molecule has 0 saturated heterocycles. The van der Waals surface area contributed by atoms with Crippen LogP contribution >= 0.6 is 0 Å². The van der Waals surface area contributed by atoms with E-state index in [1.807, 2.05) is 42.5 Å². The average molecular weight is 368 g/mol. The normalized spacial score (nSPS) is 12.4. The van der Waals surface area contributed by atoms with Crippen LogP contribution in [0.25, 0.3) is 0 Å². The van der Waals surface area contributed by atoms with Crippen LogP contribution in [0.2, 0.25) is 0 Å². The second kappa shape index (κ2) is 9.96. The zero-order valence-corrected chi connectivity index (χ0v) is 15.5. The molecule has 1 unspecified atom stereocenters. The Hall–Kier alpha value is -3.35. The largest absolute Gasteiger partial charge is 0.496 e. The molecule has 0 fully saturated rings. The van der Waals surface area contributed by atoms with Crippen LogP contribution in [0.5, 0.6) is 5.75 Å². The second-order valence-electron chi connectivity index (χ2n) is 5.77. The third-order valence-electron chi connectivity index (χ3n) is 4.13. The monoisotopic (exact) mass is 368 g/mol. The topological polar surface area (TPSA) is 112 Å². The number of para-hydroxylation sites is 1. The van der Waals surface area contributed by atoms with Crippen molar-refractivity contribution >= 4 is 18.4 Å². The minimum absolute atomic E-state index is 0.302. The van der Waals surface area contributed by atoms with Crippen molar-refractivity contribution in [2.75, 3.05) is 13.7 Å². The molecule has 0 aliphatic heterocycles. The standard InChI is InChI=1S/C20H24N4O3/c1-3-27-20(25)18(11-15-6-4-5-7-19(15)26-2)14-8-9-16(12-23-21)17(10-14)13-24-22/h4-10,12-13,18H,3,11,21-22H2,1-2H3. The maximum absolute atomic E-state index is 12.7. The number of carbonyl (C=O) groups excluding carboxylic acids is 1. The molecule has 7 nitrogen and oxygen atoms in total. The van der Waals surface area contributed by atoms with Gasteiger partial charge >= 0.3 is 5.97 Å². The fraction of sp³-hybridized carbons (Fsp3) is 0.250. The lowest BCUT2D eigenvalue weighted by Gasteiger charge is -2.18. The van der Waals surface area contributed by atoms with Gasteiger partial charge in [-0.2, -0.15) is 10.2 Å². The highest BCUT2D eigenvalue weighted by Gasteiger charge is 2.24. The number of hydrogen-bond acceptors (Lipinski definition) is 7. The lowest BCUT2D eigenvalue weighted by molar-refractivity contribution is -0.144. The van der Waals surface area contributed by atoms with E-state index in [2.05, 4.69) is 10.2 Å². The Balaban J connectivity index is 2.47. The number of rotatable bonds is 8. The van der Waals surface area contributed by atoms with Crippen molar-refractivity contribution in [2.24, 2.45) is 21.9 Å². The van der Waals surface area contributed by atoms with Gasteiger partial charge < -0.3 is 21.2 Å². The first-order valence-electron chi connectivity index (χ1n) is 8.53. The summed E-state index contributed by atoms with van der Waals surface area (Å²) in [6, 6.07) is 13.1. The predicted octanol–water partition coefficient (Wildman–Crippen LogP) is 2.17. The van der Waals surface area contributed by atoms with Crippen molar-refractivity contribution in [1.29, 1.82) is 0 Å². The van der Waals surface area contributed by atoms with Crippen molar-refractivity contribution in [3.63, 3.8) is 0 Å². The van der Waals surface area contributed by atoms with E-state index in [0.717, 1.165) is 22.4 Å². The van der Waals surface area contributed by atoms with Gasteiger partial charge in [0.1, 0.15) is 5.75 Å². The van der Waals surface area contributed by atoms with Crippen LogP contribution < -0.4 is 16.4 Å². The van der Waals surface area contributed by atoms with Crippen molar-refractivity contribution in [3.05, 3.63) is 64.7 Å². The molecule has 2 aromatic rings. The number of benzene rings is 2. The molecule has 1 atom stereocenters. The van der Waals surface area contributed by atoms with Crippen LogP contribution in [0.15, 0.2) is 52.7 Å². The highest BCUT2D eigenvalue weighted by atomic mass is 16.5. The van der Waals surface area contributed by atoms with E-state index in [0.29, 0.717) is 18.6 Å². The Kier molecular flexibility index (Phi) is 7.37. The van der Waals surface area contributed by atoms with Crippen LogP contribution in [0.4, 0.5) is 0 Å². The molecule has 0 radical (unpaired) electrons. The molecular formula is C20H24N4O3. The molecule has 7 heteroatoms. The van der Waals surface area contributed by atoms with E-state index in [1.54, 1.807) is 14.0 Å². The summed E-state index contributed by atoms with van der Waals surface area (Å²) in [4.78, 5) is 12.7. The minimum atomic E-state index is -0.505. The Morgan fingerprint density at radius 3 is 2.48 bits per heavy atom. The lowest BCUT2D eigenvalue weighted by atomic mass is 9.89. The van der Waals surface area contributed by atoms with Gasteiger partial charge in [-0.3, -0.25) is 4.79 Å². The Morgan fingerprint density at radius 2 is 1.81 bits per heavy atom. The minimum Gasteiger partial charge on any atom is -0.496 e. The molecule has 4 N–H and O–H groups in total. The summed E-state index contributed by atoms with van der Waals surface area (Å²) in [6.45, 7) is 2.08. The number of hydrazone groups is 2. The first-order valence-corrected chi connectivity index (χ1v) is 8.53. The fourth-order valence-corrected chi connectivity index (χ4v) is 2.87. The molecule has 142 valence electrons. The number of ether oxygens (including phenoxy) is 2. The van der Waals surface area contributed by atoms with Crippen LogP contribution in [0.1, 0.15) is 35.1 Å². The molecule has 0 aliphatic rings.